The minimum Gasteiger partial charge on any atom is -0.478 e. The molecule has 2 rings (SSSR count). The Bertz CT molecular complexity index is 701. The number of hydrogen-bond donors (Lipinski definition) is 3. The van der Waals surface area contributed by atoms with Gasteiger partial charge in [-0.25, -0.2) is 9.59 Å². The van der Waals surface area contributed by atoms with Gasteiger partial charge in [0.25, 0.3) is 0 Å². The molecule has 0 atom stereocenters. The van der Waals surface area contributed by atoms with E-state index in [9.17, 15) is 9.59 Å². The van der Waals surface area contributed by atoms with Crippen molar-refractivity contribution in [3.05, 3.63) is 58.1 Å². The summed E-state index contributed by atoms with van der Waals surface area (Å²) in [6, 6.07) is 11.4. The summed E-state index contributed by atoms with van der Waals surface area (Å²) in [5.41, 5.74) is 2.12. The number of para-hydroxylation sites is 1. The van der Waals surface area contributed by atoms with E-state index in [-0.39, 0.29) is 5.56 Å². The number of amides is 2. The van der Waals surface area contributed by atoms with Crippen molar-refractivity contribution in [2.24, 2.45) is 0 Å². The van der Waals surface area contributed by atoms with Crippen LogP contribution in [0.5, 0.6) is 0 Å². The number of hydrogen-bond acceptors (Lipinski definition) is 2. The van der Waals surface area contributed by atoms with Crippen molar-refractivity contribution >= 4 is 39.3 Å². The van der Waals surface area contributed by atoms with E-state index in [0.29, 0.717) is 15.8 Å². The lowest BCUT2D eigenvalue weighted by atomic mass is 10.2. The van der Waals surface area contributed by atoms with Crippen molar-refractivity contribution < 1.29 is 14.7 Å². The normalized spacial score (nSPS) is 10.0. The van der Waals surface area contributed by atoms with Crippen LogP contribution in [0.4, 0.5) is 16.2 Å². The van der Waals surface area contributed by atoms with Gasteiger partial charge in [-0.3, -0.25) is 0 Å². The summed E-state index contributed by atoms with van der Waals surface area (Å²) in [7, 11) is 0. The molecule has 0 aromatic heterocycles. The third-order valence-electron chi connectivity index (χ3n) is 2.80. The third-order valence-corrected chi connectivity index (χ3v) is 3.25. The monoisotopic (exact) mass is 348 g/mol. The molecule has 21 heavy (non-hydrogen) atoms. The van der Waals surface area contributed by atoms with Crippen LogP contribution in [0, 0.1) is 6.92 Å². The van der Waals surface area contributed by atoms with Gasteiger partial charge in [0.2, 0.25) is 0 Å². The van der Waals surface area contributed by atoms with Crippen LogP contribution < -0.4 is 10.6 Å². The summed E-state index contributed by atoms with van der Waals surface area (Å²) in [5.74, 6) is -1.06. The van der Waals surface area contributed by atoms with Crippen LogP contribution in [-0.2, 0) is 0 Å². The van der Waals surface area contributed by atoms with Crippen molar-refractivity contribution in [2.45, 2.75) is 6.92 Å². The highest BCUT2D eigenvalue weighted by molar-refractivity contribution is 9.10. The number of anilines is 2. The zero-order valence-corrected chi connectivity index (χ0v) is 12.8. The predicted octanol–water partition coefficient (Wildman–Crippen LogP) is 4.10. The number of carbonyl (C=O) groups is 2. The highest BCUT2D eigenvalue weighted by atomic mass is 79.9. The zero-order valence-electron chi connectivity index (χ0n) is 11.2. The minimum atomic E-state index is -1.06. The number of carboxylic acids is 1. The molecular weight excluding hydrogens is 336 g/mol. The van der Waals surface area contributed by atoms with E-state index in [1.165, 1.54) is 12.1 Å². The standard InChI is InChI=1S/C15H13BrN2O3/c1-9-4-2-3-5-13(9)18-15(21)17-12-7-10(14(19)20)6-11(16)8-12/h2-8H,1H3,(H,19,20)(H2,17,18,21). The fourth-order valence-electron chi connectivity index (χ4n) is 1.78. The molecule has 6 heteroatoms. The first-order valence-corrected chi connectivity index (χ1v) is 6.92. The number of carbonyl (C=O) groups excluding carboxylic acids is 1. The number of carboxylic acid groups (broad SMARTS) is 1. The Balaban J connectivity index is 2.13. The first-order valence-electron chi connectivity index (χ1n) is 6.13. The van der Waals surface area contributed by atoms with E-state index in [1.54, 1.807) is 12.1 Å². The molecule has 0 fully saturated rings. The fourth-order valence-corrected chi connectivity index (χ4v) is 2.28. The van der Waals surface area contributed by atoms with Crippen LogP contribution in [0.3, 0.4) is 0 Å². The van der Waals surface area contributed by atoms with E-state index in [1.807, 2.05) is 25.1 Å². The molecule has 0 aliphatic heterocycles. The fraction of sp³-hybridized carbons (Fsp3) is 0.0667. The second-order valence-corrected chi connectivity index (χ2v) is 5.34. The van der Waals surface area contributed by atoms with Crippen molar-refractivity contribution in [3.63, 3.8) is 0 Å². The molecule has 0 radical (unpaired) electrons. The van der Waals surface area contributed by atoms with Gasteiger partial charge in [-0.05, 0) is 36.8 Å². The molecule has 0 aliphatic rings. The van der Waals surface area contributed by atoms with E-state index >= 15 is 0 Å². The van der Waals surface area contributed by atoms with Gasteiger partial charge in [0.05, 0.1) is 5.56 Å². The summed E-state index contributed by atoms with van der Waals surface area (Å²) >= 11 is 3.21. The second kappa shape index (κ2) is 6.41. The van der Waals surface area contributed by atoms with Crippen molar-refractivity contribution in [1.29, 1.82) is 0 Å². The SMILES string of the molecule is Cc1ccccc1NC(=O)Nc1cc(Br)cc(C(=O)O)c1. The maximum absolute atomic E-state index is 11.9. The van der Waals surface area contributed by atoms with E-state index in [4.69, 9.17) is 5.11 Å². The average molecular weight is 349 g/mol. The van der Waals surface area contributed by atoms with E-state index in [0.717, 1.165) is 5.56 Å². The largest absolute Gasteiger partial charge is 0.478 e. The molecule has 0 aliphatic carbocycles. The number of benzene rings is 2. The molecule has 2 aromatic rings. The third kappa shape index (κ3) is 4.06. The average Bonchev–Trinajstić information content (AvgIpc) is 2.40. The lowest BCUT2D eigenvalue weighted by Crippen LogP contribution is -2.20. The molecule has 0 heterocycles. The summed E-state index contributed by atoms with van der Waals surface area (Å²) in [6.45, 7) is 1.89. The minimum absolute atomic E-state index is 0.0931. The molecule has 5 nitrogen and oxygen atoms in total. The Hall–Kier alpha value is -2.34. The maximum atomic E-state index is 11.9. The van der Waals surface area contributed by atoms with Crippen LogP contribution in [-0.4, -0.2) is 17.1 Å². The van der Waals surface area contributed by atoms with Crippen LogP contribution >= 0.6 is 15.9 Å². The topological polar surface area (TPSA) is 78.4 Å². The maximum Gasteiger partial charge on any atom is 0.335 e. The summed E-state index contributed by atoms with van der Waals surface area (Å²) in [6.07, 6.45) is 0. The molecule has 0 saturated carbocycles. The van der Waals surface area contributed by atoms with Crippen molar-refractivity contribution in [3.8, 4) is 0 Å². The van der Waals surface area contributed by atoms with Gasteiger partial charge in [-0.2, -0.15) is 0 Å². The molecule has 0 spiro atoms. The Labute approximate surface area is 130 Å². The van der Waals surface area contributed by atoms with Crippen LogP contribution in [0.2, 0.25) is 0 Å². The van der Waals surface area contributed by atoms with Crippen LogP contribution in [0.25, 0.3) is 0 Å². The van der Waals surface area contributed by atoms with Gasteiger partial charge in [0, 0.05) is 15.8 Å². The molecule has 2 aromatic carbocycles. The summed E-state index contributed by atoms with van der Waals surface area (Å²) in [5, 5.41) is 14.3. The number of halogens is 1. The highest BCUT2D eigenvalue weighted by Gasteiger charge is 2.09. The smallest absolute Gasteiger partial charge is 0.335 e. The van der Waals surface area contributed by atoms with Gasteiger partial charge >= 0.3 is 12.0 Å². The van der Waals surface area contributed by atoms with Gasteiger partial charge in [0.1, 0.15) is 0 Å². The first-order chi connectivity index (χ1) is 9.95. The molecular formula is C15H13BrN2O3. The molecule has 0 bridgehead atoms. The zero-order chi connectivity index (χ0) is 15.4. The Morgan fingerprint density at radius 3 is 2.48 bits per heavy atom. The van der Waals surface area contributed by atoms with Gasteiger partial charge in [-0.15, -0.1) is 0 Å². The van der Waals surface area contributed by atoms with Gasteiger partial charge < -0.3 is 15.7 Å². The summed E-state index contributed by atoms with van der Waals surface area (Å²) < 4.78 is 0.577. The van der Waals surface area contributed by atoms with E-state index in [2.05, 4.69) is 26.6 Å². The Morgan fingerprint density at radius 1 is 1.10 bits per heavy atom. The lowest BCUT2D eigenvalue weighted by molar-refractivity contribution is 0.0697. The van der Waals surface area contributed by atoms with Gasteiger partial charge in [-0.1, -0.05) is 34.1 Å². The number of rotatable bonds is 3. The van der Waals surface area contributed by atoms with Crippen LogP contribution in [0.15, 0.2) is 46.9 Å². The summed E-state index contributed by atoms with van der Waals surface area (Å²) in [4.78, 5) is 22.9. The molecule has 0 unspecified atom stereocenters. The number of nitrogens with one attached hydrogen (secondary N) is 2. The molecule has 2 amide bonds. The number of aromatic carboxylic acids is 1. The Kier molecular flexibility index (Phi) is 4.59. The van der Waals surface area contributed by atoms with Gasteiger partial charge in [0.15, 0.2) is 0 Å². The number of urea groups is 1. The Morgan fingerprint density at radius 2 is 1.81 bits per heavy atom. The lowest BCUT2D eigenvalue weighted by Gasteiger charge is -2.10. The second-order valence-electron chi connectivity index (χ2n) is 4.43. The predicted molar refractivity (Wildman–Crippen MR) is 84.9 cm³/mol. The molecule has 108 valence electrons. The molecule has 3 N–H and O–H groups in total. The van der Waals surface area contributed by atoms with Crippen molar-refractivity contribution in [2.75, 3.05) is 10.6 Å². The number of aryl methyl sites for hydroxylation is 1. The quantitative estimate of drug-likeness (QED) is 0.781. The van der Waals surface area contributed by atoms with Crippen LogP contribution in [0.1, 0.15) is 15.9 Å². The van der Waals surface area contributed by atoms with E-state index < -0.39 is 12.0 Å². The highest BCUT2D eigenvalue weighted by Crippen LogP contribution is 2.20. The first kappa shape index (κ1) is 15.1. The molecule has 0 saturated heterocycles. The van der Waals surface area contributed by atoms with Crippen molar-refractivity contribution in [1.82, 2.24) is 0 Å².